The van der Waals surface area contributed by atoms with Crippen LogP contribution in [0.4, 0.5) is 5.69 Å². The van der Waals surface area contributed by atoms with Gasteiger partial charge in [0.15, 0.2) is 0 Å². The van der Waals surface area contributed by atoms with Gasteiger partial charge in [-0.25, -0.2) is 0 Å². The number of carbonyl (C=O) groups is 1. The number of carbonyl (C=O) groups excluding carboxylic acids is 1. The van der Waals surface area contributed by atoms with Gasteiger partial charge in [0.05, 0.1) is 5.56 Å². The minimum atomic E-state index is -0.321. The van der Waals surface area contributed by atoms with Crippen molar-refractivity contribution in [1.29, 1.82) is 0 Å². The molecule has 19 heavy (non-hydrogen) atoms. The lowest BCUT2D eigenvalue weighted by atomic mass is 10.1. The van der Waals surface area contributed by atoms with Crippen LogP contribution in [0.1, 0.15) is 21.5 Å². The van der Waals surface area contributed by atoms with Crippen molar-refractivity contribution in [3.63, 3.8) is 0 Å². The summed E-state index contributed by atoms with van der Waals surface area (Å²) in [6.45, 7) is 3.77. The zero-order valence-electron chi connectivity index (χ0n) is 10.7. The Morgan fingerprint density at radius 3 is 2.58 bits per heavy atom. The minimum absolute atomic E-state index is 0.00912. The molecule has 3 nitrogen and oxygen atoms in total. The van der Waals surface area contributed by atoms with E-state index in [1.54, 1.807) is 18.2 Å². The van der Waals surface area contributed by atoms with Gasteiger partial charge >= 0.3 is 0 Å². The third kappa shape index (κ3) is 3.15. The summed E-state index contributed by atoms with van der Waals surface area (Å²) in [5, 5.41) is 12.6. The van der Waals surface area contributed by atoms with Crippen LogP contribution >= 0.6 is 15.9 Å². The summed E-state index contributed by atoms with van der Waals surface area (Å²) in [4.78, 5) is 12.1. The topological polar surface area (TPSA) is 49.3 Å². The van der Waals surface area contributed by atoms with E-state index in [2.05, 4.69) is 21.2 Å². The Hall–Kier alpha value is -1.81. The second-order valence-corrected chi connectivity index (χ2v) is 5.35. The van der Waals surface area contributed by atoms with Crippen molar-refractivity contribution in [2.75, 3.05) is 5.32 Å². The molecule has 2 aromatic rings. The highest BCUT2D eigenvalue weighted by Crippen LogP contribution is 2.23. The van der Waals surface area contributed by atoms with Crippen LogP contribution in [0.3, 0.4) is 0 Å². The Balaban J connectivity index is 2.28. The molecule has 0 aliphatic heterocycles. The van der Waals surface area contributed by atoms with Gasteiger partial charge in [-0.05, 0) is 49.2 Å². The lowest BCUT2D eigenvalue weighted by molar-refractivity contribution is 0.102. The van der Waals surface area contributed by atoms with Crippen molar-refractivity contribution in [2.45, 2.75) is 13.8 Å². The number of aromatic hydroxyl groups is 1. The first-order valence-corrected chi connectivity index (χ1v) is 6.64. The van der Waals surface area contributed by atoms with Gasteiger partial charge in [-0.2, -0.15) is 0 Å². The number of aryl methyl sites for hydroxylation is 2. The summed E-state index contributed by atoms with van der Waals surface area (Å²) in [6, 6.07) is 10.6. The van der Waals surface area contributed by atoms with E-state index >= 15 is 0 Å². The van der Waals surface area contributed by atoms with Crippen LogP contribution in [-0.4, -0.2) is 11.0 Å². The number of rotatable bonds is 2. The van der Waals surface area contributed by atoms with Crippen LogP contribution in [0.25, 0.3) is 0 Å². The first-order chi connectivity index (χ1) is 8.97. The normalized spacial score (nSPS) is 10.3. The van der Waals surface area contributed by atoms with E-state index in [4.69, 9.17) is 0 Å². The Kier molecular flexibility index (Phi) is 3.90. The van der Waals surface area contributed by atoms with Gasteiger partial charge < -0.3 is 10.4 Å². The summed E-state index contributed by atoms with van der Waals surface area (Å²) in [6.07, 6.45) is 0. The fourth-order valence-electron chi connectivity index (χ4n) is 1.75. The number of benzene rings is 2. The molecule has 0 radical (unpaired) electrons. The maximum Gasteiger partial charge on any atom is 0.259 e. The molecule has 0 aliphatic rings. The summed E-state index contributed by atoms with van der Waals surface area (Å²) in [5.74, 6) is -0.330. The molecule has 2 rings (SSSR count). The lowest BCUT2D eigenvalue weighted by Crippen LogP contribution is -2.13. The quantitative estimate of drug-likeness (QED) is 0.878. The Bertz CT molecular complexity index is 638. The van der Waals surface area contributed by atoms with Crippen molar-refractivity contribution in [3.05, 3.63) is 57.6 Å². The zero-order valence-corrected chi connectivity index (χ0v) is 12.3. The first-order valence-electron chi connectivity index (χ1n) is 5.84. The molecule has 2 aromatic carbocycles. The number of hydrogen-bond donors (Lipinski definition) is 2. The van der Waals surface area contributed by atoms with E-state index in [9.17, 15) is 9.90 Å². The molecule has 4 heteroatoms. The third-order valence-electron chi connectivity index (χ3n) is 2.85. The Labute approximate surface area is 120 Å². The van der Waals surface area contributed by atoms with Crippen LogP contribution in [-0.2, 0) is 0 Å². The molecule has 0 bridgehead atoms. The van der Waals surface area contributed by atoms with Crippen molar-refractivity contribution in [1.82, 2.24) is 0 Å². The molecule has 0 saturated carbocycles. The monoisotopic (exact) mass is 319 g/mol. The number of hydrogen-bond acceptors (Lipinski definition) is 2. The maximum absolute atomic E-state index is 12.1. The number of phenolic OH excluding ortho intramolecular Hbond substituents is 1. The lowest BCUT2D eigenvalue weighted by Gasteiger charge is -2.10. The molecule has 0 saturated heterocycles. The molecule has 0 unspecified atom stereocenters. The molecule has 98 valence electrons. The van der Waals surface area contributed by atoms with Gasteiger partial charge in [-0.3, -0.25) is 4.79 Å². The molecule has 0 atom stereocenters. The van der Waals surface area contributed by atoms with Crippen molar-refractivity contribution in [3.8, 4) is 5.75 Å². The van der Waals surface area contributed by atoms with E-state index in [0.29, 0.717) is 0 Å². The molecule has 0 heterocycles. The summed E-state index contributed by atoms with van der Waals surface area (Å²) in [7, 11) is 0. The van der Waals surface area contributed by atoms with Gasteiger partial charge in [0.2, 0.25) is 0 Å². The van der Waals surface area contributed by atoms with E-state index in [1.807, 2.05) is 32.0 Å². The Morgan fingerprint density at radius 2 is 1.89 bits per heavy atom. The van der Waals surface area contributed by atoms with Gasteiger partial charge in [0.1, 0.15) is 5.75 Å². The van der Waals surface area contributed by atoms with Crippen molar-refractivity contribution in [2.24, 2.45) is 0 Å². The molecule has 0 spiro atoms. The second kappa shape index (κ2) is 5.45. The Morgan fingerprint density at radius 1 is 1.16 bits per heavy atom. The highest BCUT2D eigenvalue weighted by molar-refractivity contribution is 9.10. The van der Waals surface area contributed by atoms with Gasteiger partial charge in [0.25, 0.3) is 5.91 Å². The summed E-state index contributed by atoms with van der Waals surface area (Å²) < 4.78 is 0.890. The summed E-state index contributed by atoms with van der Waals surface area (Å²) >= 11 is 3.37. The largest absolute Gasteiger partial charge is 0.507 e. The van der Waals surface area contributed by atoms with Crippen LogP contribution in [0.5, 0.6) is 5.75 Å². The number of phenols is 1. The molecular formula is C15H14BrNO2. The third-order valence-corrected chi connectivity index (χ3v) is 3.34. The van der Waals surface area contributed by atoms with E-state index < -0.39 is 0 Å². The molecule has 0 fully saturated rings. The maximum atomic E-state index is 12.1. The fourth-order valence-corrected chi connectivity index (χ4v) is 2.11. The van der Waals surface area contributed by atoms with Crippen molar-refractivity contribution < 1.29 is 9.90 Å². The predicted molar refractivity (Wildman–Crippen MR) is 79.7 cm³/mol. The van der Waals surface area contributed by atoms with Crippen LogP contribution in [0.2, 0.25) is 0 Å². The molecular weight excluding hydrogens is 306 g/mol. The van der Waals surface area contributed by atoms with Gasteiger partial charge in [-0.15, -0.1) is 0 Å². The van der Waals surface area contributed by atoms with E-state index in [1.165, 1.54) is 0 Å². The number of anilines is 1. The minimum Gasteiger partial charge on any atom is -0.507 e. The molecule has 0 aliphatic carbocycles. The SMILES string of the molecule is Cc1ccc(C(=O)Nc2cc(Br)ccc2C)c(O)c1. The van der Waals surface area contributed by atoms with Crippen molar-refractivity contribution >= 4 is 27.5 Å². The number of halogens is 1. The zero-order chi connectivity index (χ0) is 14.0. The van der Waals surface area contributed by atoms with Crippen LogP contribution in [0, 0.1) is 13.8 Å². The van der Waals surface area contributed by atoms with Gasteiger partial charge in [0, 0.05) is 10.2 Å². The van der Waals surface area contributed by atoms with Crippen LogP contribution in [0.15, 0.2) is 40.9 Å². The summed E-state index contributed by atoms with van der Waals surface area (Å²) in [5.41, 5.74) is 2.86. The number of nitrogens with one attached hydrogen (secondary N) is 1. The molecule has 2 N–H and O–H groups in total. The van der Waals surface area contributed by atoms with Crippen LogP contribution < -0.4 is 5.32 Å². The first kappa shape index (κ1) is 13.6. The number of amides is 1. The van der Waals surface area contributed by atoms with E-state index in [-0.39, 0.29) is 17.2 Å². The van der Waals surface area contributed by atoms with Gasteiger partial charge in [-0.1, -0.05) is 28.1 Å². The van der Waals surface area contributed by atoms with E-state index in [0.717, 1.165) is 21.3 Å². The highest BCUT2D eigenvalue weighted by Gasteiger charge is 2.12. The fraction of sp³-hybridized carbons (Fsp3) is 0.133. The molecule has 0 aromatic heterocycles. The average Bonchev–Trinajstić information content (AvgIpc) is 2.33. The predicted octanol–water partition coefficient (Wildman–Crippen LogP) is 4.02. The standard InChI is InChI=1S/C15H14BrNO2/c1-9-3-6-12(14(18)7-9)15(19)17-13-8-11(16)5-4-10(13)2/h3-8,18H,1-2H3,(H,17,19). The molecule has 1 amide bonds. The average molecular weight is 320 g/mol. The highest BCUT2D eigenvalue weighted by atomic mass is 79.9. The smallest absolute Gasteiger partial charge is 0.259 e. The second-order valence-electron chi connectivity index (χ2n) is 4.43.